The molecule has 2 heterocycles. The SMILES string of the molecule is CN(C)C(=O)Sc1ccc(NC(=O)c2nc(S(C)(=O)=O)n3ccccc23)cc1. The lowest BCUT2D eigenvalue weighted by atomic mass is 10.3. The lowest BCUT2D eigenvalue weighted by Gasteiger charge is -2.09. The van der Waals surface area contributed by atoms with Gasteiger partial charge in [-0.25, -0.2) is 13.4 Å². The molecule has 146 valence electrons. The minimum absolute atomic E-state index is 0.0160. The van der Waals surface area contributed by atoms with Crippen molar-refractivity contribution in [2.75, 3.05) is 25.7 Å². The second-order valence-corrected chi connectivity index (χ2v) is 9.15. The van der Waals surface area contributed by atoms with Crippen LogP contribution < -0.4 is 5.32 Å². The first-order valence-corrected chi connectivity index (χ1v) is 10.9. The Morgan fingerprint density at radius 1 is 1.11 bits per heavy atom. The van der Waals surface area contributed by atoms with Gasteiger partial charge in [-0.2, -0.15) is 0 Å². The molecule has 1 N–H and O–H groups in total. The summed E-state index contributed by atoms with van der Waals surface area (Å²) in [4.78, 5) is 30.7. The highest BCUT2D eigenvalue weighted by Gasteiger charge is 2.22. The van der Waals surface area contributed by atoms with Gasteiger partial charge in [-0.3, -0.25) is 14.0 Å². The van der Waals surface area contributed by atoms with Crippen molar-refractivity contribution < 1.29 is 18.0 Å². The van der Waals surface area contributed by atoms with E-state index in [1.807, 2.05) is 0 Å². The smallest absolute Gasteiger partial charge is 0.285 e. The number of nitrogens with zero attached hydrogens (tertiary/aromatic N) is 3. The number of amides is 2. The lowest BCUT2D eigenvalue weighted by Crippen LogP contribution is -2.16. The van der Waals surface area contributed by atoms with Crippen molar-refractivity contribution in [2.24, 2.45) is 0 Å². The van der Waals surface area contributed by atoms with E-state index < -0.39 is 15.7 Å². The molecule has 10 heteroatoms. The molecule has 0 spiro atoms. The van der Waals surface area contributed by atoms with E-state index in [-0.39, 0.29) is 16.1 Å². The monoisotopic (exact) mass is 418 g/mol. The Bertz CT molecular complexity index is 1150. The first-order chi connectivity index (χ1) is 13.2. The van der Waals surface area contributed by atoms with Gasteiger partial charge in [-0.15, -0.1) is 0 Å². The van der Waals surface area contributed by atoms with Crippen LogP contribution in [-0.4, -0.2) is 54.2 Å². The zero-order valence-corrected chi connectivity index (χ0v) is 17.0. The maximum absolute atomic E-state index is 12.7. The van der Waals surface area contributed by atoms with Gasteiger partial charge in [0.25, 0.3) is 11.1 Å². The fraction of sp³-hybridized carbons (Fsp3) is 0.167. The lowest BCUT2D eigenvalue weighted by molar-refractivity contribution is 0.102. The Labute approximate surface area is 166 Å². The predicted octanol–water partition coefficient (Wildman–Crippen LogP) is 2.76. The van der Waals surface area contributed by atoms with Crippen molar-refractivity contribution in [3.63, 3.8) is 0 Å². The number of thioether (sulfide) groups is 1. The highest BCUT2D eigenvalue weighted by molar-refractivity contribution is 8.13. The van der Waals surface area contributed by atoms with Gasteiger partial charge < -0.3 is 10.2 Å². The van der Waals surface area contributed by atoms with Crippen molar-refractivity contribution in [2.45, 2.75) is 10.1 Å². The zero-order valence-electron chi connectivity index (χ0n) is 15.4. The molecular formula is C18H18N4O4S2. The molecular weight excluding hydrogens is 400 g/mol. The van der Waals surface area contributed by atoms with Gasteiger partial charge in [0.2, 0.25) is 15.0 Å². The number of aromatic nitrogens is 2. The van der Waals surface area contributed by atoms with Crippen LogP contribution in [0.1, 0.15) is 10.5 Å². The Morgan fingerprint density at radius 2 is 1.79 bits per heavy atom. The maximum atomic E-state index is 12.7. The van der Waals surface area contributed by atoms with Crippen molar-refractivity contribution >= 4 is 43.9 Å². The summed E-state index contributed by atoms with van der Waals surface area (Å²) >= 11 is 1.08. The van der Waals surface area contributed by atoms with E-state index in [0.717, 1.165) is 22.9 Å². The van der Waals surface area contributed by atoms with E-state index in [4.69, 9.17) is 0 Å². The average Bonchev–Trinajstić information content (AvgIpc) is 3.03. The number of carbonyl (C=O) groups is 2. The van der Waals surface area contributed by atoms with Crippen molar-refractivity contribution in [1.82, 2.24) is 14.3 Å². The summed E-state index contributed by atoms with van der Waals surface area (Å²) in [5, 5.41) is 2.41. The van der Waals surface area contributed by atoms with E-state index in [2.05, 4.69) is 10.3 Å². The van der Waals surface area contributed by atoms with Crippen LogP contribution in [0, 0.1) is 0 Å². The van der Waals surface area contributed by atoms with Crippen LogP contribution in [0.25, 0.3) is 5.52 Å². The van der Waals surface area contributed by atoms with Crippen LogP contribution in [0.15, 0.2) is 58.7 Å². The summed E-state index contributed by atoms with van der Waals surface area (Å²) in [6.07, 6.45) is 2.59. The molecule has 0 fully saturated rings. The number of fused-ring (bicyclic) bond motifs is 1. The van der Waals surface area contributed by atoms with Gasteiger partial charge in [0.1, 0.15) is 0 Å². The Balaban J connectivity index is 1.85. The molecule has 3 rings (SSSR count). The number of hydrogen-bond acceptors (Lipinski definition) is 6. The molecule has 0 bridgehead atoms. The number of hydrogen-bond donors (Lipinski definition) is 1. The van der Waals surface area contributed by atoms with Crippen LogP contribution in [0.5, 0.6) is 0 Å². The Morgan fingerprint density at radius 3 is 2.39 bits per heavy atom. The number of imidazole rings is 1. The standard InChI is InChI=1S/C18H18N4O4S2/c1-21(2)18(24)27-13-9-7-12(8-10-13)19-16(23)15-14-6-4-5-11-22(14)17(20-15)28(3,25)26/h4-11H,1-3H3,(H,19,23). The summed E-state index contributed by atoms with van der Waals surface area (Å²) in [6.45, 7) is 0. The molecule has 8 nitrogen and oxygen atoms in total. The Kier molecular flexibility index (Phi) is 5.43. The summed E-state index contributed by atoms with van der Waals surface area (Å²) in [7, 11) is -0.265. The van der Waals surface area contributed by atoms with Crippen LogP contribution in [0.3, 0.4) is 0 Å². The fourth-order valence-electron chi connectivity index (χ4n) is 2.43. The average molecular weight is 419 g/mol. The molecule has 3 aromatic rings. The minimum atomic E-state index is -3.61. The van der Waals surface area contributed by atoms with Crippen molar-refractivity contribution in [1.29, 1.82) is 0 Å². The molecule has 1 aromatic carbocycles. The molecule has 0 aliphatic carbocycles. The molecule has 0 atom stereocenters. The fourth-order valence-corrected chi connectivity index (χ4v) is 3.86. The topological polar surface area (TPSA) is 101 Å². The highest BCUT2D eigenvalue weighted by atomic mass is 32.2. The molecule has 0 unspecified atom stereocenters. The third-order valence-corrected chi connectivity index (χ3v) is 5.74. The third kappa shape index (κ3) is 4.18. The number of pyridine rings is 1. The van der Waals surface area contributed by atoms with Gasteiger partial charge in [-0.1, -0.05) is 6.07 Å². The predicted molar refractivity (Wildman–Crippen MR) is 108 cm³/mol. The summed E-state index contributed by atoms with van der Waals surface area (Å²) in [5.41, 5.74) is 0.913. The van der Waals surface area contributed by atoms with E-state index in [9.17, 15) is 18.0 Å². The van der Waals surface area contributed by atoms with E-state index in [1.54, 1.807) is 62.8 Å². The number of nitrogens with one attached hydrogen (secondary N) is 1. The number of benzene rings is 1. The second-order valence-electron chi connectivity index (χ2n) is 6.21. The van der Waals surface area contributed by atoms with Gasteiger partial charge in [-0.05, 0) is 48.2 Å². The molecule has 0 saturated heterocycles. The number of anilines is 1. The molecule has 2 aromatic heterocycles. The second kappa shape index (κ2) is 7.64. The summed E-state index contributed by atoms with van der Waals surface area (Å²) in [5.74, 6) is -0.525. The summed E-state index contributed by atoms with van der Waals surface area (Å²) < 4.78 is 25.3. The van der Waals surface area contributed by atoms with Crippen molar-refractivity contribution in [3.05, 3.63) is 54.4 Å². The number of carbonyl (C=O) groups excluding carboxylic acids is 2. The molecule has 0 saturated carbocycles. The molecule has 0 radical (unpaired) electrons. The zero-order chi connectivity index (χ0) is 20.5. The first-order valence-electron chi connectivity index (χ1n) is 8.14. The largest absolute Gasteiger partial charge is 0.339 e. The summed E-state index contributed by atoms with van der Waals surface area (Å²) in [6, 6.07) is 11.8. The van der Waals surface area contributed by atoms with Crippen LogP contribution in [-0.2, 0) is 9.84 Å². The molecule has 2 amide bonds. The quantitative estimate of drug-likeness (QED) is 0.654. The van der Waals surface area contributed by atoms with Crippen LogP contribution >= 0.6 is 11.8 Å². The number of rotatable bonds is 4. The maximum Gasteiger partial charge on any atom is 0.285 e. The minimum Gasteiger partial charge on any atom is -0.339 e. The first kappa shape index (κ1) is 19.9. The molecule has 0 aliphatic rings. The Hall–Kier alpha value is -2.85. The van der Waals surface area contributed by atoms with Crippen LogP contribution in [0.2, 0.25) is 0 Å². The van der Waals surface area contributed by atoms with Gasteiger partial charge in [0, 0.05) is 37.1 Å². The number of sulfone groups is 1. The van der Waals surface area contributed by atoms with E-state index in [1.165, 1.54) is 9.30 Å². The van der Waals surface area contributed by atoms with Gasteiger partial charge in [0.15, 0.2) is 5.69 Å². The van der Waals surface area contributed by atoms with E-state index in [0.29, 0.717) is 11.2 Å². The van der Waals surface area contributed by atoms with Crippen LogP contribution in [0.4, 0.5) is 10.5 Å². The van der Waals surface area contributed by atoms with Gasteiger partial charge >= 0.3 is 0 Å². The normalized spacial score (nSPS) is 11.4. The highest BCUT2D eigenvalue weighted by Crippen LogP contribution is 2.23. The van der Waals surface area contributed by atoms with Crippen molar-refractivity contribution in [3.8, 4) is 0 Å². The third-order valence-electron chi connectivity index (χ3n) is 3.75. The van der Waals surface area contributed by atoms with E-state index >= 15 is 0 Å². The van der Waals surface area contributed by atoms with Gasteiger partial charge in [0.05, 0.1) is 5.52 Å². The molecule has 0 aliphatic heterocycles. The molecule has 28 heavy (non-hydrogen) atoms.